The van der Waals surface area contributed by atoms with E-state index in [1.807, 2.05) is 0 Å². The number of allylic oxidation sites excluding steroid dienone is 1. The zero-order valence-electron chi connectivity index (χ0n) is 25.7. The molecule has 5 atom stereocenters. The predicted molar refractivity (Wildman–Crippen MR) is 166 cm³/mol. The van der Waals surface area contributed by atoms with Crippen molar-refractivity contribution in [3.8, 4) is 11.5 Å². The Hall–Kier alpha value is -5.45. The number of aldehydes is 1. The fourth-order valence-electron chi connectivity index (χ4n) is 6.45. The molecule has 5 unspecified atom stereocenters. The Morgan fingerprint density at radius 1 is 0.833 bits per heavy atom. The summed E-state index contributed by atoms with van der Waals surface area (Å²) >= 11 is 0. The van der Waals surface area contributed by atoms with Gasteiger partial charge in [0.2, 0.25) is 0 Å². The Labute approximate surface area is 274 Å². The van der Waals surface area contributed by atoms with Crippen molar-refractivity contribution in [3.63, 3.8) is 0 Å². The molecule has 0 radical (unpaired) electrons. The van der Waals surface area contributed by atoms with E-state index in [1.54, 1.807) is 48.5 Å². The number of ether oxygens (including phenoxy) is 4. The van der Waals surface area contributed by atoms with Crippen LogP contribution in [0.5, 0.6) is 11.5 Å². The van der Waals surface area contributed by atoms with Crippen LogP contribution < -0.4 is 9.47 Å². The van der Waals surface area contributed by atoms with Gasteiger partial charge in [0.05, 0.1) is 30.8 Å². The van der Waals surface area contributed by atoms with Crippen LogP contribution in [0.1, 0.15) is 71.0 Å². The first-order valence-corrected chi connectivity index (χ1v) is 15.7. The Bertz CT molecular complexity index is 1780. The maximum absolute atomic E-state index is 13.1. The molecule has 6 rings (SSSR count). The lowest BCUT2D eigenvalue weighted by Crippen LogP contribution is -2.31. The lowest BCUT2D eigenvalue weighted by molar-refractivity contribution is -0.155. The summed E-state index contributed by atoms with van der Waals surface area (Å²) in [5.74, 6) is -4.99. The molecule has 3 aliphatic rings. The standard InChI is InChI=1S/C37H31FO10/c38-23-9-7-22(8-10-23)32(40)15-6-21-4-11-24(12-5-21)46-26(20-39)3-1-2-16-45-25-13-14-27-28(30-19-33(41)47-35(30)42)18-31-34(29(27)17-25)37(44)48-36(31)43/h4-15,17,20,26,28,30-31,34H,1-3,16,18-19H2/b15-6+. The van der Waals surface area contributed by atoms with Crippen molar-refractivity contribution < 1.29 is 52.1 Å². The number of hydrogen-bond acceptors (Lipinski definition) is 10. The van der Waals surface area contributed by atoms with Gasteiger partial charge in [0.25, 0.3) is 0 Å². The molecule has 3 aromatic rings. The fraction of sp³-hybridized carbons (Fsp3) is 0.297. The fourth-order valence-corrected chi connectivity index (χ4v) is 6.45. The highest BCUT2D eigenvalue weighted by Crippen LogP contribution is 2.51. The summed E-state index contributed by atoms with van der Waals surface area (Å²) < 4.78 is 34.5. The van der Waals surface area contributed by atoms with Crippen molar-refractivity contribution in [1.29, 1.82) is 0 Å². The molecule has 3 aromatic carbocycles. The minimum absolute atomic E-state index is 0.0854. The second kappa shape index (κ2) is 14.1. The van der Waals surface area contributed by atoms with E-state index in [0.717, 1.165) is 11.8 Å². The molecule has 0 bridgehead atoms. The lowest BCUT2D eigenvalue weighted by Gasteiger charge is -2.33. The van der Waals surface area contributed by atoms with Gasteiger partial charge in [-0.3, -0.25) is 28.8 Å². The van der Waals surface area contributed by atoms with Gasteiger partial charge in [0.1, 0.15) is 17.3 Å². The minimum Gasteiger partial charge on any atom is -0.494 e. The van der Waals surface area contributed by atoms with Crippen molar-refractivity contribution in [2.45, 2.75) is 50.0 Å². The van der Waals surface area contributed by atoms with Crippen molar-refractivity contribution in [2.24, 2.45) is 11.8 Å². The summed E-state index contributed by atoms with van der Waals surface area (Å²) in [6, 6.07) is 17.4. The maximum atomic E-state index is 13.1. The number of cyclic esters (lactones) is 4. The molecule has 0 saturated carbocycles. The van der Waals surface area contributed by atoms with Crippen LogP contribution in [-0.4, -0.2) is 48.7 Å². The van der Waals surface area contributed by atoms with Gasteiger partial charge in [-0.25, -0.2) is 4.39 Å². The average molecular weight is 655 g/mol. The summed E-state index contributed by atoms with van der Waals surface area (Å²) in [7, 11) is 0. The average Bonchev–Trinajstić information content (AvgIpc) is 3.58. The van der Waals surface area contributed by atoms with E-state index in [1.165, 1.54) is 30.3 Å². The quantitative estimate of drug-likeness (QED) is 0.0598. The molecule has 0 spiro atoms. The van der Waals surface area contributed by atoms with Crippen molar-refractivity contribution in [1.82, 2.24) is 0 Å². The number of ketones is 1. The highest BCUT2D eigenvalue weighted by Gasteiger charge is 2.53. The van der Waals surface area contributed by atoms with Gasteiger partial charge in [-0.1, -0.05) is 24.3 Å². The summed E-state index contributed by atoms with van der Waals surface area (Å²) in [5, 5.41) is 0. The number of hydrogen-bond donors (Lipinski definition) is 0. The summed E-state index contributed by atoms with van der Waals surface area (Å²) in [6.07, 6.45) is 4.88. The van der Waals surface area contributed by atoms with E-state index < -0.39 is 59.5 Å². The maximum Gasteiger partial charge on any atom is 0.321 e. The Morgan fingerprint density at radius 3 is 2.27 bits per heavy atom. The zero-order valence-corrected chi connectivity index (χ0v) is 25.7. The van der Waals surface area contributed by atoms with Crippen molar-refractivity contribution in [2.75, 3.05) is 6.61 Å². The van der Waals surface area contributed by atoms with Crippen LogP contribution in [0.25, 0.3) is 6.08 Å². The van der Waals surface area contributed by atoms with E-state index in [0.29, 0.717) is 54.1 Å². The Morgan fingerprint density at radius 2 is 1.56 bits per heavy atom. The summed E-state index contributed by atoms with van der Waals surface area (Å²) in [4.78, 5) is 73.2. The second-order valence-electron chi connectivity index (χ2n) is 12.0. The molecule has 2 saturated heterocycles. The van der Waals surface area contributed by atoms with Crippen LogP contribution >= 0.6 is 0 Å². The van der Waals surface area contributed by atoms with Gasteiger partial charge >= 0.3 is 23.9 Å². The molecular formula is C37H31FO10. The Balaban J connectivity index is 1.00. The van der Waals surface area contributed by atoms with E-state index in [4.69, 9.17) is 18.9 Å². The van der Waals surface area contributed by atoms with Crippen LogP contribution in [0.15, 0.2) is 72.8 Å². The molecule has 2 heterocycles. The molecule has 246 valence electrons. The normalized spacial score (nSPS) is 22.1. The predicted octanol–water partition coefficient (Wildman–Crippen LogP) is 5.28. The highest BCUT2D eigenvalue weighted by atomic mass is 19.1. The van der Waals surface area contributed by atoms with E-state index >= 15 is 0 Å². The van der Waals surface area contributed by atoms with Crippen molar-refractivity contribution in [3.05, 3.63) is 101 Å². The van der Waals surface area contributed by atoms with Gasteiger partial charge in [-0.05, 0) is 103 Å². The molecule has 0 N–H and O–H groups in total. The number of benzene rings is 3. The molecule has 1 aliphatic carbocycles. The summed E-state index contributed by atoms with van der Waals surface area (Å²) in [5.41, 5.74) is 2.37. The van der Waals surface area contributed by atoms with Crippen LogP contribution in [0.3, 0.4) is 0 Å². The van der Waals surface area contributed by atoms with Crippen molar-refractivity contribution >= 4 is 42.0 Å². The number of carbonyl (C=O) groups is 6. The first kappa shape index (κ1) is 32.5. The first-order valence-electron chi connectivity index (χ1n) is 15.7. The lowest BCUT2D eigenvalue weighted by atomic mass is 9.67. The molecule has 0 aromatic heterocycles. The smallest absolute Gasteiger partial charge is 0.321 e. The SMILES string of the molecule is O=CC(CCCCOc1ccc2c(c1)C1C(=O)OC(=O)C1CC2C1CC(=O)OC1=O)Oc1ccc(/C=C/C(=O)c2ccc(F)cc2)cc1. The number of esters is 4. The molecule has 10 nitrogen and oxygen atoms in total. The number of carbonyl (C=O) groups excluding carboxylic acids is 6. The topological polar surface area (TPSA) is 139 Å². The zero-order chi connectivity index (χ0) is 33.8. The van der Waals surface area contributed by atoms with Gasteiger partial charge in [-0.15, -0.1) is 0 Å². The van der Waals surface area contributed by atoms with Gasteiger partial charge in [0.15, 0.2) is 18.2 Å². The molecule has 0 amide bonds. The number of unbranched alkanes of at least 4 members (excludes halogenated alkanes) is 1. The van der Waals surface area contributed by atoms with Crippen LogP contribution in [0.4, 0.5) is 4.39 Å². The van der Waals surface area contributed by atoms with Crippen LogP contribution in [-0.2, 0) is 33.4 Å². The number of fused-ring (bicyclic) bond motifs is 3. The second-order valence-corrected chi connectivity index (χ2v) is 12.0. The molecule has 11 heteroatoms. The third-order valence-corrected chi connectivity index (χ3v) is 8.88. The Kier molecular flexibility index (Phi) is 9.56. The summed E-state index contributed by atoms with van der Waals surface area (Å²) in [6.45, 7) is 0.312. The van der Waals surface area contributed by atoms with E-state index in [-0.39, 0.29) is 18.6 Å². The first-order chi connectivity index (χ1) is 23.2. The third-order valence-electron chi connectivity index (χ3n) is 8.88. The molecule has 2 fully saturated rings. The number of halogens is 1. The van der Waals surface area contributed by atoms with E-state index in [9.17, 15) is 33.2 Å². The molecule has 48 heavy (non-hydrogen) atoms. The molecular weight excluding hydrogens is 623 g/mol. The van der Waals surface area contributed by atoms with Gasteiger partial charge < -0.3 is 18.9 Å². The van der Waals surface area contributed by atoms with E-state index in [2.05, 4.69) is 0 Å². The highest BCUT2D eigenvalue weighted by molar-refractivity contribution is 6.06. The number of rotatable bonds is 13. The van der Waals surface area contributed by atoms with Gasteiger partial charge in [0, 0.05) is 5.56 Å². The molecule has 2 aliphatic heterocycles. The van der Waals surface area contributed by atoms with Crippen LogP contribution in [0.2, 0.25) is 0 Å². The van der Waals surface area contributed by atoms with Gasteiger partial charge in [-0.2, -0.15) is 0 Å². The van der Waals surface area contributed by atoms with Crippen LogP contribution in [0, 0.1) is 17.7 Å². The largest absolute Gasteiger partial charge is 0.494 e. The minimum atomic E-state index is -0.806. The third kappa shape index (κ3) is 7.10. The monoisotopic (exact) mass is 654 g/mol.